The van der Waals surface area contributed by atoms with Gasteiger partial charge in [0, 0.05) is 11.3 Å². The monoisotopic (exact) mass is 453 g/mol. The van der Waals surface area contributed by atoms with E-state index in [1.165, 1.54) is 13.2 Å². The first-order valence-corrected chi connectivity index (χ1v) is 10.0. The molecule has 31 heavy (non-hydrogen) atoms. The van der Waals surface area contributed by atoms with Gasteiger partial charge in [0.25, 0.3) is 0 Å². The fourth-order valence-corrected chi connectivity index (χ4v) is 3.72. The number of hydrogen-bond donors (Lipinski definition) is 1. The molecule has 9 heteroatoms. The molecule has 0 amide bonds. The summed E-state index contributed by atoms with van der Waals surface area (Å²) >= 11 is 5.39. The lowest BCUT2D eigenvalue weighted by Gasteiger charge is -2.24. The Morgan fingerprint density at radius 1 is 1.23 bits per heavy atom. The highest BCUT2D eigenvalue weighted by Gasteiger charge is 2.36. The smallest absolute Gasteiger partial charge is 0.416 e. The average Bonchev–Trinajstić information content (AvgIpc) is 2.84. The van der Waals surface area contributed by atoms with Gasteiger partial charge >= 0.3 is 12.1 Å². The van der Waals surface area contributed by atoms with Gasteiger partial charge in [0.05, 0.1) is 25.7 Å². The summed E-state index contributed by atoms with van der Waals surface area (Å²) in [6, 6.07) is 8.58. The van der Waals surface area contributed by atoms with Gasteiger partial charge in [-0.2, -0.15) is 13.2 Å². The minimum absolute atomic E-state index is 0.167. The lowest BCUT2D eigenvalue weighted by molar-refractivity contribution is -0.145. The Labute approximate surface area is 183 Å². The number of carbonyl (C=O) groups excluding carboxylic acids is 1. The van der Waals surface area contributed by atoms with Crippen LogP contribution in [0.3, 0.4) is 0 Å². The summed E-state index contributed by atoms with van der Waals surface area (Å²) in [6.45, 7) is 3.67. The van der Waals surface area contributed by atoms with Crippen molar-refractivity contribution in [1.82, 2.24) is 0 Å². The van der Waals surface area contributed by atoms with E-state index >= 15 is 0 Å². The number of fused-ring (bicyclic) bond motifs is 1. The molecule has 3 rings (SSSR count). The molecule has 2 aromatic carbocycles. The summed E-state index contributed by atoms with van der Waals surface area (Å²) in [5, 5.41) is 2.95. The Kier molecular flexibility index (Phi) is 6.86. The summed E-state index contributed by atoms with van der Waals surface area (Å²) in [6.07, 6.45) is -6.49. The second-order valence-corrected chi connectivity index (χ2v) is 7.42. The van der Waals surface area contributed by atoms with E-state index in [4.69, 9.17) is 26.4 Å². The molecule has 0 saturated heterocycles. The van der Waals surface area contributed by atoms with Crippen molar-refractivity contribution in [2.45, 2.75) is 38.7 Å². The number of hydrogen-bond acceptors (Lipinski definition) is 5. The van der Waals surface area contributed by atoms with Crippen molar-refractivity contribution in [3.63, 3.8) is 0 Å². The lowest BCUT2D eigenvalue weighted by atomic mass is 9.94. The van der Waals surface area contributed by atoms with Crippen LogP contribution in [0.15, 0.2) is 36.4 Å². The van der Waals surface area contributed by atoms with E-state index in [0.29, 0.717) is 22.6 Å². The number of anilines is 1. The number of benzene rings is 2. The van der Waals surface area contributed by atoms with Crippen molar-refractivity contribution in [3.05, 3.63) is 58.7 Å². The van der Waals surface area contributed by atoms with E-state index in [2.05, 4.69) is 5.32 Å². The minimum atomic E-state index is -4.53. The average molecular weight is 453 g/mol. The number of halogens is 3. The molecule has 1 N–H and O–H groups in total. The largest absolute Gasteiger partial charge is 0.496 e. The second-order valence-electron chi connectivity index (χ2n) is 6.98. The molecule has 166 valence electrons. The molecule has 0 aromatic heterocycles. The van der Waals surface area contributed by atoms with Crippen molar-refractivity contribution in [2.75, 3.05) is 19.0 Å². The molecule has 1 aliphatic rings. The molecule has 0 bridgehead atoms. The summed E-state index contributed by atoms with van der Waals surface area (Å²) < 4.78 is 56.8. The molecule has 0 spiro atoms. The normalized spacial score (nSPS) is 18.6. The molecule has 2 atom stereocenters. The van der Waals surface area contributed by atoms with Gasteiger partial charge in [0.15, 0.2) is 0 Å². The van der Waals surface area contributed by atoms with Crippen molar-refractivity contribution in [2.24, 2.45) is 0 Å². The Morgan fingerprint density at radius 2 is 1.97 bits per heavy atom. The highest BCUT2D eigenvalue weighted by Crippen LogP contribution is 2.42. The molecule has 0 fully saturated rings. The van der Waals surface area contributed by atoms with Gasteiger partial charge in [-0.3, -0.25) is 4.79 Å². The summed E-state index contributed by atoms with van der Waals surface area (Å²) in [5.41, 5.74) is 1.16. The molecular formula is C22H22F3NO4S. The van der Waals surface area contributed by atoms with Crippen LogP contribution in [0, 0.1) is 6.92 Å². The van der Waals surface area contributed by atoms with Crippen LogP contribution >= 0.6 is 12.2 Å². The third-order valence-corrected chi connectivity index (χ3v) is 5.36. The first kappa shape index (κ1) is 23.0. The molecule has 0 aliphatic carbocycles. The Bertz CT molecular complexity index is 993. The van der Waals surface area contributed by atoms with Crippen LogP contribution in [0.4, 0.5) is 18.9 Å². The van der Waals surface area contributed by atoms with Crippen molar-refractivity contribution >= 4 is 28.9 Å². The molecule has 2 aromatic rings. The summed E-state index contributed by atoms with van der Waals surface area (Å²) in [5.74, 6) is 0.0519. The number of nitrogens with one attached hydrogen (secondary N) is 1. The van der Waals surface area contributed by atoms with Gasteiger partial charge in [-0.25, -0.2) is 0 Å². The maximum absolute atomic E-state index is 13.4. The first-order valence-electron chi connectivity index (χ1n) is 9.62. The Morgan fingerprint density at radius 3 is 2.61 bits per heavy atom. The molecule has 0 radical (unpaired) electrons. The first-order chi connectivity index (χ1) is 14.7. The number of methoxy groups -OCH3 is 1. The van der Waals surface area contributed by atoms with E-state index in [9.17, 15) is 18.0 Å². The number of esters is 1. The predicted octanol–water partition coefficient (Wildman–Crippen LogP) is 5.20. The van der Waals surface area contributed by atoms with Crippen LogP contribution in [-0.2, 0) is 20.4 Å². The molecule has 1 aliphatic heterocycles. The topological polar surface area (TPSA) is 56.8 Å². The Balaban J connectivity index is 2.14. The Hall–Kier alpha value is -2.65. The van der Waals surface area contributed by atoms with E-state index in [0.717, 1.165) is 12.1 Å². The number of rotatable bonds is 5. The van der Waals surface area contributed by atoms with Crippen LogP contribution < -0.4 is 10.1 Å². The zero-order chi connectivity index (χ0) is 22.8. The van der Waals surface area contributed by atoms with Crippen molar-refractivity contribution < 1.29 is 32.2 Å². The standard InChI is InChI=1S/C22H22F3NO4S/c1-4-29-19(27)11-18-21(31)26-16-9-8-13(22(23,24)25)10-15(16)20(30-18)14-6-5-7-17(28-3)12(14)2/h5-10,18,20H,4,11H2,1-3H3,(H,26,31)/t18-,20-/m0/s1. The maximum atomic E-state index is 13.4. The molecule has 1 heterocycles. The van der Waals surface area contributed by atoms with Crippen LogP contribution in [0.25, 0.3) is 0 Å². The SMILES string of the molecule is CCOC(=O)C[C@@H]1O[C@@H](c2cccc(OC)c2C)c2cc(C(F)(F)F)ccc2NC1=S. The highest BCUT2D eigenvalue weighted by atomic mass is 32.1. The van der Waals surface area contributed by atoms with Gasteiger partial charge in [0.2, 0.25) is 0 Å². The number of thiocarbonyl (C=S) groups is 1. The van der Waals surface area contributed by atoms with Gasteiger partial charge in [0.1, 0.15) is 22.9 Å². The van der Waals surface area contributed by atoms with Crippen LogP contribution in [0.1, 0.15) is 41.7 Å². The maximum Gasteiger partial charge on any atom is 0.416 e. The molecule has 0 saturated carbocycles. The third-order valence-electron chi connectivity index (χ3n) is 5.00. The van der Waals surface area contributed by atoms with Crippen LogP contribution in [0.5, 0.6) is 5.75 Å². The third kappa shape index (κ3) is 4.99. The van der Waals surface area contributed by atoms with E-state index < -0.39 is 29.9 Å². The summed E-state index contributed by atoms with van der Waals surface area (Å²) in [7, 11) is 1.51. The zero-order valence-corrected chi connectivity index (χ0v) is 18.0. The molecular weight excluding hydrogens is 431 g/mol. The van der Waals surface area contributed by atoms with Gasteiger partial charge in [-0.1, -0.05) is 24.4 Å². The quantitative estimate of drug-likeness (QED) is 0.496. The second kappa shape index (κ2) is 9.23. The number of ether oxygens (including phenoxy) is 3. The van der Waals surface area contributed by atoms with Crippen LogP contribution in [-0.4, -0.2) is 30.8 Å². The number of carbonyl (C=O) groups is 1. The van der Waals surface area contributed by atoms with Gasteiger partial charge < -0.3 is 19.5 Å². The van der Waals surface area contributed by atoms with Gasteiger partial charge in [-0.05, 0) is 49.2 Å². The predicted molar refractivity (Wildman–Crippen MR) is 113 cm³/mol. The van der Waals surface area contributed by atoms with Gasteiger partial charge in [-0.15, -0.1) is 0 Å². The van der Waals surface area contributed by atoms with E-state index in [1.54, 1.807) is 32.0 Å². The lowest BCUT2D eigenvalue weighted by Crippen LogP contribution is -2.31. The molecule has 5 nitrogen and oxygen atoms in total. The van der Waals surface area contributed by atoms with Crippen molar-refractivity contribution in [3.8, 4) is 5.75 Å². The zero-order valence-electron chi connectivity index (χ0n) is 17.2. The van der Waals surface area contributed by atoms with Crippen LogP contribution in [0.2, 0.25) is 0 Å². The van der Waals surface area contributed by atoms with E-state index in [1.807, 2.05) is 0 Å². The fraction of sp³-hybridized carbons (Fsp3) is 0.364. The summed E-state index contributed by atoms with van der Waals surface area (Å²) in [4.78, 5) is 12.3. The van der Waals surface area contributed by atoms with Crippen molar-refractivity contribution in [1.29, 1.82) is 0 Å². The van der Waals surface area contributed by atoms with E-state index in [-0.39, 0.29) is 23.6 Å². The molecule has 0 unspecified atom stereocenters. The highest BCUT2D eigenvalue weighted by molar-refractivity contribution is 7.80. The minimum Gasteiger partial charge on any atom is -0.496 e. The fourth-order valence-electron chi connectivity index (χ4n) is 3.47. The number of alkyl halides is 3.